The van der Waals surface area contributed by atoms with E-state index in [9.17, 15) is 9.59 Å². The van der Waals surface area contributed by atoms with Crippen LogP contribution in [0.15, 0.2) is 55.4 Å². The number of thioether (sulfide) groups is 1. The Hall–Kier alpha value is -2.06. The summed E-state index contributed by atoms with van der Waals surface area (Å²) < 4.78 is 7.69. The minimum Gasteiger partial charge on any atom is -0.467 e. The maximum Gasteiger partial charge on any atom is 0.262 e. The average molecular weight is 450 g/mol. The number of carbonyl (C=O) groups excluding carboxylic acids is 1. The van der Waals surface area contributed by atoms with E-state index < -0.39 is 0 Å². The summed E-state index contributed by atoms with van der Waals surface area (Å²) in [7, 11) is 0. The lowest BCUT2D eigenvalue weighted by Crippen LogP contribution is -2.27. The van der Waals surface area contributed by atoms with Crippen LogP contribution >= 0.6 is 27.7 Å². The summed E-state index contributed by atoms with van der Waals surface area (Å²) in [6.07, 6.45) is 1.57. The highest BCUT2D eigenvalue weighted by molar-refractivity contribution is 9.10. The number of aromatic nitrogens is 2. The predicted octanol–water partition coefficient (Wildman–Crippen LogP) is 3.82. The molecule has 1 aromatic carbocycles. The van der Waals surface area contributed by atoms with Gasteiger partial charge in [-0.15, -0.1) is 0 Å². The van der Waals surface area contributed by atoms with Crippen LogP contribution in [0.4, 0.5) is 0 Å². The molecular formula is C19H20BrN3O3S. The number of halogens is 1. The minimum atomic E-state index is -0.141. The van der Waals surface area contributed by atoms with Gasteiger partial charge in [0.25, 0.3) is 5.56 Å². The molecule has 0 aliphatic rings. The van der Waals surface area contributed by atoms with E-state index in [4.69, 9.17) is 4.42 Å². The second kappa shape index (κ2) is 8.75. The van der Waals surface area contributed by atoms with E-state index in [1.807, 2.05) is 26.0 Å². The van der Waals surface area contributed by atoms with Crippen LogP contribution in [0.3, 0.4) is 0 Å². The number of hydrogen-bond acceptors (Lipinski definition) is 5. The molecule has 2 aromatic heterocycles. The summed E-state index contributed by atoms with van der Waals surface area (Å²) in [5.41, 5.74) is 0.537. The molecule has 142 valence electrons. The number of carbonyl (C=O) groups is 1. The topological polar surface area (TPSA) is 77.1 Å². The van der Waals surface area contributed by atoms with Gasteiger partial charge in [0.15, 0.2) is 5.16 Å². The van der Waals surface area contributed by atoms with Gasteiger partial charge in [0, 0.05) is 11.0 Å². The molecule has 1 amide bonds. The highest BCUT2D eigenvalue weighted by Crippen LogP contribution is 2.21. The van der Waals surface area contributed by atoms with Crippen LogP contribution in [0.2, 0.25) is 0 Å². The van der Waals surface area contributed by atoms with Gasteiger partial charge < -0.3 is 9.73 Å². The molecule has 0 spiro atoms. The van der Waals surface area contributed by atoms with E-state index in [2.05, 4.69) is 26.2 Å². The summed E-state index contributed by atoms with van der Waals surface area (Å²) in [6, 6.07) is 9.02. The standard InChI is InChI=1S/C19H20BrN3O3S/c1-12(2)10-23-18(25)15-8-13(20)5-6-16(15)22-19(23)27-11-17(24)21-9-14-4-3-7-26-14/h3-8,12H,9-11H2,1-2H3,(H,21,24). The molecule has 2 heterocycles. The molecular weight excluding hydrogens is 430 g/mol. The van der Waals surface area contributed by atoms with E-state index in [0.717, 1.165) is 4.47 Å². The molecule has 3 aromatic rings. The molecule has 8 heteroatoms. The van der Waals surface area contributed by atoms with E-state index in [1.54, 1.807) is 29.0 Å². The normalized spacial score (nSPS) is 11.3. The van der Waals surface area contributed by atoms with Crippen LogP contribution < -0.4 is 10.9 Å². The molecule has 27 heavy (non-hydrogen) atoms. The summed E-state index contributed by atoms with van der Waals surface area (Å²) in [5, 5.41) is 3.92. The fourth-order valence-electron chi connectivity index (χ4n) is 2.59. The fourth-order valence-corrected chi connectivity index (χ4v) is 3.79. The van der Waals surface area contributed by atoms with Gasteiger partial charge in [-0.05, 0) is 36.2 Å². The van der Waals surface area contributed by atoms with Gasteiger partial charge in [-0.3, -0.25) is 14.2 Å². The molecule has 0 bridgehead atoms. The molecule has 0 fully saturated rings. The number of benzene rings is 1. The molecule has 0 aliphatic carbocycles. The van der Waals surface area contributed by atoms with Crippen molar-refractivity contribution in [2.24, 2.45) is 5.92 Å². The predicted molar refractivity (Wildman–Crippen MR) is 110 cm³/mol. The van der Waals surface area contributed by atoms with Gasteiger partial charge in [-0.2, -0.15) is 0 Å². The Balaban J connectivity index is 1.80. The second-order valence-corrected chi connectivity index (χ2v) is 8.37. The van der Waals surface area contributed by atoms with Crippen LogP contribution in [0.1, 0.15) is 19.6 Å². The van der Waals surface area contributed by atoms with Crippen molar-refractivity contribution in [1.29, 1.82) is 0 Å². The quantitative estimate of drug-likeness (QED) is 0.438. The summed E-state index contributed by atoms with van der Waals surface area (Å²) in [6.45, 7) is 4.97. The van der Waals surface area contributed by atoms with Crippen molar-refractivity contribution in [3.8, 4) is 0 Å². The van der Waals surface area contributed by atoms with Gasteiger partial charge in [-0.1, -0.05) is 41.5 Å². The summed E-state index contributed by atoms with van der Waals surface area (Å²) in [5.74, 6) is 1.01. The second-order valence-electron chi connectivity index (χ2n) is 6.51. The molecule has 3 rings (SSSR count). The molecule has 0 saturated carbocycles. The lowest BCUT2D eigenvalue weighted by atomic mass is 10.2. The monoisotopic (exact) mass is 449 g/mol. The molecule has 0 saturated heterocycles. The molecule has 6 nitrogen and oxygen atoms in total. The van der Waals surface area contributed by atoms with Crippen molar-refractivity contribution in [1.82, 2.24) is 14.9 Å². The number of fused-ring (bicyclic) bond motifs is 1. The first-order valence-corrected chi connectivity index (χ1v) is 10.3. The number of amides is 1. The zero-order valence-corrected chi connectivity index (χ0v) is 17.5. The van der Waals surface area contributed by atoms with Gasteiger partial charge in [0.2, 0.25) is 5.91 Å². The zero-order chi connectivity index (χ0) is 19.4. The smallest absolute Gasteiger partial charge is 0.262 e. The Morgan fingerprint density at radius 3 is 2.89 bits per heavy atom. The number of nitrogens with one attached hydrogen (secondary N) is 1. The van der Waals surface area contributed by atoms with Crippen molar-refractivity contribution in [2.75, 3.05) is 5.75 Å². The number of furan rings is 1. The summed E-state index contributed by atoms with van der Waals surface area (Å²) in [4.78, 5) is 29.7. The van der Waals surface area contributed by atoms with Gasteiger partial charge in [-0.25, -0.2) is 4.98 Å². The molecule has 0 unspecified atom stereocenters. The Labute approximate surface area is 169 Å². The Morgan fingerprint density at radius 2 is 2.19 bits per heavy atom. The molecule has 0 atom stereocenters. The number of nitrogens with zero attached hydrogens (tertiary/aromatic N) is 2. The third-order valence-electron chi connectivity index (χ3n) is 3.80. The highest BCUT2D eigenvalue weighted by Gasteiger charge is 2.14. The van der Waals surface area contributed by atoms with Gasteiger partial charge in [0.1, 0.15) is 5.76 Å². The first-order chi connectivity index (χ1) is 12.9. The maximum absolute atomic E-state index is 12.9. The largest absolute Gasteiger partial charge is 0.467 e. The van der Waals surface area contributed by atoms with Crippen molar-refractivity contribution in [2.45, 2.75) is 32.1 Å². The third kappa shape index (κ3) is 5.01. The van der Waals surface area contributed by atoms with Gasteiger partial charge >= 0.3 is 0 Å². The Bertz CT molecular complexity index is 999. The first kappa shape index (κ1) is 19.7. The minimum absolute atomic E-state index is 0.0894. The third-order valence-corrected chi connectivity index (χ3v) is 5.27. The maximum atomic E-state index is 12.9. The van der Waals surface area contributed by atoms with Crippen molar-refractivity contribution in [3.05, 3.63) is 57.2 Å². The number of rotatable bonds is 7. The van der Waals surface area contributed by atoms with E-state index >= 15 is 0 Å². The lowest BCUT2D eigenvalue weighted by molar-refractivity contribution is -0.118. The van der Waals surface area contributed by atoms with Crippen molar-refractivity contribution >= 4 is 44.5 Å². The molecule has 1 N–H and O–H groups in total. The van der Waals surface area contributed by atoms with Crippen LogP contribution in [-0.4, -0.2) is 21.2 Å². The van der Waals surface area contributed by atoms with Crippen LogP contribution in [0.5, 0.6) is 0 Å². The van der Waals surface area contributed by atoms with Crippen LogP contribution in [0.25, 0.3) is 10.9 Å². The lowest BCUT2D eigenvalue weighted by Gasteiger charge is -2.15. The van der Waals surface area contributed by atoms with Crippen LogP contribution in [0, 0.1) is 5.92 Å². The van der Waals surface area contributed by atoms with Crippen LogP contribution in [-0.2, 0) is 17.9 Å². The van der Waals surface area contributed by atoms with Crippen molar-refractivity contribution in [3.63, 3.8) is 0 Å². The SMILES string of the molecule is CC(C)Cn1c(SCC(=O)NCc2ccco2)nc2ccc(Br)cc2c1=O. The first-order valence-electron chi connectivity index (χ1n) is 8.56. The summed E-state index contributed by atoms with van der Waals surface area (Å²) >= 11 is 4.67. The highest BCUT2D eigenvalue weighted by atomic mass is 79.9. The Morgan fingerprint density at radius 1 is 1.37 bits per heavy atom. The zero-order valence-electron chi connectivity index (χ0n) is 15.1. The molecule has 0 aliphatic heterocycles. The Kier molecular flexibility index (Phi) is 6.38. The van der Waals surface area contributed by atoms with E-state index in [-0.39, 0.29) is 23.1 Å². The van der Waals surface area contributed by atoms with E-state index in [1.165, 1.54) is 11.8 Å². The van der Waals surface area contributed by atoms with Crippen molar-refractivity contribution < 1.29 is 9.21 Å². The fraction of sp³-hybridized carbons (Fsp3) is 0.316. The van der Waals surface area contributed by atoms with E-state index in [0.29, 0.717) is 34.9 Å². The average Bonchev–Trinajstić information content (AvgIpc) is 3.15. The van der Waals surface area contributed by atoms with Gasteiger partial charge in [0.05, 0.1) is 29.5 Å². The number of hydrogen-bond donors (Lipinski definition) is 1. The molecule has 0 radical (unpaired) electrons.